The van der Waals surface area contributed by atoms with Crippen LogP contribution in [0.2, 0.25) is 0 Å². The van der Waals surface area contributed by atoms with Crippen LogP contribution in [0, 0.1) is 0 Å². The molecular formula is C4H5OY-. The van der Waals surface area contributed by atoms with Gasteiger partial charge in [-0.15, -0.1) is 6.92 Å². The Morgan fingerprint density at radius 1 is 1.67 bits per heavy atom. The van der Waals surface area contributed by atoms with Gasteiger partial charge < -0.3 is 4.79 Å². The van der Waals surface area contributed by atoms with Crippen molar-refractivity contribution in [1.29, 1.82) is 0 Å². The van der Waals surface area contributed by atoms with Gasteiger partial charge in [0.2, 0.25) is 0 Å². The van der Waals surface area contributed by atoms with E-state index in [2.05, 4.69) is 0 Å². The van der Waals surface area contributed by atoms with Crippen LogP contribution >= 0.6 is 0 Å². The molecule has 0 N–H and O–H groups in total. The summed E-state index contributed by atoms with van der Waals surface area (Å²) in [6.45, 7) is 1.77. The van der Waals surface area contributed by atoms with Gasteiger partial charge >= 0.3 is 0 Å². The number of hydrogen-bond donors (Lipinski definition) is 0. The summed E-state index contributed by atoms with van der Waals surface area (Å²) in [5.41, 5.74) is 0. The summed E-state index contributed by atoms with van der Waals surface area (Å²) < 4.78 is 0. The maximum absolute atomic E-state index is 9.19. The van der Waals surface area contributed by atoms with E-state index in [1.807, 2.05) is 0 Å². The monoisotopic (exact) mass is 158 g/mol. The van der Waals surface area contributed by atoms with Crippen LogP contribution in [0.25, 0.3) is 0 Å². The van der Waals surface area contributed by atoms with E-state index in [4.69, 9.17) is 0 Å². The Kier molecular flexibility index (Phi) is 14.7. The molecule has 1 nitrogen and oxygen atoms in total. The minimum Gasteiger partial charge on any atom is -0.419 e. The maximum atomic E-state index is 9.19. The fourth-order valence-corrected chi connectivity index (χ4v) is 0.0680. The molecule has 0 saturated heterocycles. The molecular weight excluding hydrogens is 153 g/mol. The number of rotatable bonds is 1. The summed E-state index contributed by atoms with van der Waals surface area (Å²) in [5, 5.41) is 0. The summed E-state index contributed by atoms with van der Waals surface area (Å²) in [7, 11) is 0. The molecule has 0 heterocycles. The summed E-state index contributed by atoms with van der Waals surface area (Å²) in [4.78, 5) is 9.19. The van der Waals surface area contributed by atoms with Crippen molar-refractivity contribution in [2.75, 3.05) is 0 Å². The van der Waals surface area contributed by atoms with Crippen LogP contribution in [-0.2, 0) is 37.5 Å². The van der Waals surface area contributed by atoms with Crippen molar-refractivity contribution in [3.05, 3.63) is 12.2 Å². The van der Waals surface area contributed by atoms with Gasteiger partial charge in [-0.1, -0.05) is 0 Å². The maximum Gasteiger partial charge on any atom is 0 e. The van der Waals surface area contributed by atoms with E-state index >= 15 is 0 Å². The molecule has 0 aromatic heterocycles. The topological polar surface area (TPSA) is 17.1 Å². The van der Waals surface area contributed by atoms with E-state index in [-0.39, 0.29) is 32.7 Å². The zero-order valence-corrected chi connectivity index (χ0v) is 6.48. The molecule has 1 radical (unpaired) electrons. The Bertz CT molecular complexity index is 49.5. The molecule has 0 saturated carbocycles. The molecule has 0 spiro atoms. The molecule has 0 rings (SSSR count). The van der Waals surface area contributed by atoms with E-state index < -0.39 is 0 Å². The molecule has 0 aromatic rings. The van der Waals surface area contributed by atoms with Gasteiger partial charge in [-0.25, -0.2) is 6.08 Å². The van der Waals surface area contributed by atoms with Crippen LogP contribution in [0.15, 0.2) is 12.2 Å². The second kappa shape index (κ2) is 9.10. The molecule has 0 aromatic carbocycles. The van der Waals surface area contributed by atoms with E-state index in [9.17, 15) is 4.79 Å². The van der Waals surface area contributed by atoms with Crippen molar-refractivity contribution in [1.82, 2.24) is 0 Å². The van der Waals surface area contributed by atoms with E-state index in [0.717, 1.165) is 0 Å². The zero-order valence-electron chi connectivity index (χ0n) is 3.64. The smallest absolute Gasteiger partial charge is 0 e. The number of hydrogen-bond acceptors (Lipinski definition) is 1. The average Bonchev–Trinajstić information content (AvgIpc) is 1.41. The summed E-state index contributed by atoms with van der Waals surface area (Å²) in [6, 6.07) is 0. The number of allylic oxidation sites excluding steroid dienone is 2. The predicted molar refractivity (Wildman–Crippen MR) is 20.5 cm³/mol. The van der Waals surface area contributed by atoms with Crippen LogP contribution in [0.1, 0.15) is 6.92 Å². The van der Waals surface area contributed by atoms with E-state index in [1.165, 1.54) is 6.08 Å². The molecule has 0 atom stereocenters. The molecule has 2 heteroatoms. The van der Waals surface area contributed by atoms with Gasteiger partial charge in [0.05, 0.1) is 0 Å². The molecule has 0 aliphatic rings. The van der Waals surface area contributed by atoms with Crippen LogP contribution in [-0.4, -0.2) is 6.29 Å². The van der Waals surface area contributed by atoms with Crippen molar-refractivity contribution in [2.24, 2.45) is 0 Å². The second-order valence-corrected chi connectivity index (χ2v) is 0.618. The van der Waals surface area contributed by atoms with Crippen LogP contribution in [0.4, 0.5) is 0 Å². The minimum atomic E-state index is 0. The van der Waals surface area contributed by atoms with Gasteiger partial charge in [-0.2, -0.15) is 6.08 Å². The van der Waals surface area contributed by atoms with Crippen LogP contribution in [0.3, 0.4) is 0 Å². The first-order valence-corrected chi connectivity index (χ1v) is 1.40. The fraction of sp³-hybridized carbons (Fsp3) is 0.250. The van der Waals surface area contributed by atoms with E-state index in [0.29, 0.717) is 0 Å². The second-order valence-electron chi connectivity index (χ2n) is 0.618. The third kappa shape index (κ3) is 8.82. The molecule has 0 amide bonds. The zero-order chi connectivity index (χ0) is 4.12. The van der Waals surface area contributed by atoms with Crippen molar-refractivity contribution in [3.8, 4) is 0 Å². The first kappa shape index (κ1) is 9.72. The Morgan fingerprint density at radius 2 is 2.17 bits per heavy atom. The Morgan fingerprint density at radius 3 is 2.17 bits per heavy atom. The Balaban J connectivity index is 0. The van der Waals surface area contributed by atoms with Gasteiger partial charge in [0.1, 0.15) is 0 Å². The normalized spacial score (nSPS) is 7.50. The Labute approximate surface area is 62.7 Å². The average molecular weight is 158 g/mol. The van der Waals surface area contributed by atoms with Crippen LogP contribution in [0.5, 0.6) is 0 Å². The van der Waals surface area contributed by atoms with Crippen molar-refractivity contribution < 1.29 is 37.5 Å². The van der Waals surface area contributed by atoms with Crippen molar-refractivity contribution in [3.63, 3.8) is 0 Å². The van der Waals surface area contributed by atoms with Crippen molar-refractivity contribution in [2.45, 2.75) is 6.92 Å². The van der Waals surface area contributed by atoms with Gasteiger partial charge in [0.25, 0.3) is 0 Å². The first-order valence-electron chi connectivity index (χ1n) is 1.40. The largest absolute Gasteiger partial charge is 0.419 e. The minimum absolute atomic E-state index is 0. The van der Waals surface area contributed by atoms with Gasteiger partial charge in [-0.3, -0.25) is 0 Å². The summed E-state index contributed by atoms with van der Waals surface area (Å²) in [6.07, 6.45) is 4.54. The van der Waals surface area contributed by atoms with E-state index in [1.54, 1.807) is 19.3 Å². The SMILES string of the molecule is CC=C[C-]=O.[Y]. The molecule has 0 fully saturated rings. The summed E-state index contributed by atoms with van der Waals surface area (Å²) >= 11 is 0. The molecule has 0 unspecified atom stereocenters. The quantitative estimate of drug-likeness (QED) is 0.404. The molecule has 6 heavy (non-hydrogen) atoms. The van der Waals surface area contributed by atoms with Crippen LogP contribution < -0.4 is 0 Å². The fourth-order valence-electron chi connectivity index (χ4n) is 0.0680. The standard InChI is InChI=1S/C4H5O.Y/c1-2-3-4-5;/h2-3H,1H3;/q-1;. The molecule has 0 aliphatic heterocycles. The molecule has 0 bridgehead atoms. The number of carbonyl (C=O) groups excluding carboxylic acids is 1. The van der Waals surface area contributed by atoms with Gasteiger partial charge in [0, 0.05) is 32.7 Å². The predicted octanol–water partition coefficient (Wildman–Crippen LogP) is 0.670. The third-order valence-electron chi connectivity index (χ3n) is 0.235. The molecule has 0 aliphatic carbocycles. The Hall–Kier alpha value is 0.514. The third-order valence-corrected chi connectivity index (χ3v) is 0.235. The van der Waals surface area contributed by atoms with Gasteiger partial charge in [0.15, 0.2) is 0 Å². The molecule has 31 valence electrons. The summed E-state index contributed by atoms with van der Waals surface area (Å²) in [5.74, 6) is 0. The first-order chi connectivity index (χ1) is 2.41. The van der Waals surface area contributed by atoms with Gasteiger partial charge in [-0.05, 0) is 6.29 Å². The van der Waals surface area contributed by atoms with Crippen molar-refractivity contribution >= 4 is 6.29 Å².